The fourth-order valence-corrected chi connectivity index (χ4v) is 3.18. The van der Waals surface area contributed by atoms with Gasteiger partial charge < -0.3 is 5.11 Å². The number of aryl methyl sites for hydroxylation is 1. The number of thiophene rings is 1. The Morgan fingerprint density at radius 1 is 1.10 bits per heavy atom. The van der Waals surface area contributed by atoms with Crippen LogP contribution in [0.2, 0.25) is 0 Å². The third-order valence-electron chi connectivity index (χ3n) is 3.36. The lowest BCUT2D eigenvalue weighted by Gasteiger charge is -2.24. The van der Waals surface area contributed by atoms with E-state index in [2.05, 4.69) is 48.2 Å². The summed E-state index contributed by atoms with van der Waals surface area (Å²) in [5.41, 5.74) is 1.30. The zero-order chi connectivity index (χ0) is 14.4. The molecule has 3 heteroatoms. The van der Waals surface area contributed by atoms with Crippen molar-refractivity contribution in [3.05, 3.63) is 57.8 Å². The Hall–Kier alpha value is -1.16. The second-order valence-corrected chi connectivity index (χ2v) is 6.60. The minimum Gasteiger partial charge on any atom is -0.392 e. The third kappa shape index (κ3) is 4.75. The van der Waals surface area contributed by atoms with Crippen molar-refractivity contribution in [2.45, 2.75) is 39.5 Å². The van der Waals surface area contributed by atoms with Gasteiger partial charge in [-0.3, -0.25) is 4.90 Å². The Balaban J connectivity index is 2.03. The molecule has 2 nitrogen and oxygen atoms in total. The van der Waals surface area contributed by atoms with E-state index >= 15 is 0 Å². The highest BCUT2D eigenvalue weighted by Gasteiger charge is 2.12. The molecular formula is C17H23NOS. The lowest BCUT2D eigenvalue weighted by atomic mass is 10.2. The molecule has 0 saturated carbocycles. The first-order valence-corrected chi connectivity index (χ1v) is 7.98. The molecule has 108 valence electrons. The van der Waals surface area contributed by atoms with E-state index < -0.39 is 0 Å². The fourth-order valence-electron chi connectivity index (χ4n) is 2.24. The molecule has 0 spiro atoms. The van der Waals surface area contributed by atoms with Crippen molar-refractivity contribution in [3.8, 4) is 0 Å². The summed E-state index contributed by atoms with van der Waals surface area (Å²) in [6.07, 6.45) is 0.550. The van der Waals surface area contributed by atoms with Gasteiger partial charge in [-0.25, -0.2) is 0 Å². The van der Waals surface area contributed by atoms with Gasteiger partial charge in [0.2, 0.25) is 0 Å². The van der Waals surface area contributed by atoms with Gasteiger partial charge in [-0.2, -0.15) is 0 Å². The van der Waals surface area contributed by atoms with Crippen LogP contribution in [0.5, 0.6) is 0 Å². The predicted octanol–water partition coefficient (Wildman–Crippen LogP) is 3.83. The molecule has 1 aromatic heterocycles. The van der Waals surface area contributed by atoms with Crippen LogP contribution in [0.25, 0.3) is 0 Å². The minimum absolute atomic E-state index is 0.250. The monoisotopic (exact) mass is 289 g/mol. The van der Waals surface area contributed by atoms with Gasteiger partial charge in [0, 0.05) is 29.4 Å². The molecule has 0 amide bonds. The van der Waals surface area contributed by atoms with E-state index in [0.29, 0.717) is 0 Å². The van der Waals surface area contributed by atoms with Crippen LogP contribution in [0.15, 0.2) is 42.5 Å². The largest absolute Gasteiger partial charge is 0.392 e. The average Bonchev–Trinajstić information content (AvgIpc) is 2.85. The second-order valence-electron chi connectivity index (χ2n) is 5.23. The van der Waals surface area contributed by atoms with E-state index in [1.54, 1.807) is 0 Å². The standard InChI is InChI=1S/C17H23NOS/c1-3-16(19)12-18(11-15-7-5-4-6-8-15)13-17-10-9-14(2)20-17/h4-10,16,19H,3,11-13H2,1-2H3. The van der Waals surface area contributed by atoms with Gasteiger partial charge in [0.05, 0.1) is 6.10 Å². The van der Waals surface area contributed by atoms with Crippen molar-refractivity contribution in [2.24, 2.45) is 0 Å². The van der Waals surface area contributed by atoms with E-state index in [1.807, 2.05) is 24.3 Å². The van der Waals surface area contributed by atoms with Crippen LogP contribution in [0.1, 0.15) is 28.7 Å². The maximum atomic E-state index is 9.95. The molecule has 0 saturated heterocycles. The number of nitrogens with zero attached hydrogens (tertiary/aromatic N) is 1. The molecule has 1 unspecified atom stereocenters. The van der Waals surface area contributed by atoms with Gasteiger partial charge in [-0.05, 0) is 31.0 Å². The number of aliphatic hydroxyl groups excluding tert-OH is 1. The molecule has 1 heterocycles. The lowest BCUT2D eigenvalue weighted by molar-refractivity contribution is 0.102. The smallest absolute Gasteiger partial charge is 0.0664 e. The molecule has 1 aromatic carbocycles. The Morgan fingerprint density at radius 3 is 2.45 bits per heavy atom. The first kappa shape index (κ1) is 15.2. The Labute approximate surface area is 125 Å². The number of benzene rings is 1. The molecule has 0 aliphatic rings. The van der Waals surface area contributed by atoms with Crippen LogP contribution in [0, 0.1) is 6.92 Å². The highest BCUT2D eigenvalue weighted by Crippen LogP contribution is 2.19. The van der Waals surface area contributed by atoms with E-state index in [0.717, 1.165) is 26.1 Å². The first-order valence-electron chi connectivity index (χ1n) is 7.17. The summed E-state index contributed by atoms with van der Waals surface area (Å²) in [5, 5.41) is 9.95. The van der Waals surface area contributed by atoms with Gasteiger partial charge in [0.1, 0.15) is 0 Å². The molecule has 0 aliphatic carbocycles. The number of hydrogen-bond acceptors (Lipinski definition) is 3. The summed E-state index contributed by atoms with van der Waals surface area (Å²) in [7, 11) is 0. The second kappa shape index (κ2) is 7.58. The summed E-state index contributed by atoms with van der Waals surface area (Å²) in [6.45, 7) is 6.68. The number of rotatable bonds is 7. The number of hydrogen-bond donors (Lipinski definition) is 1. The molecule has 1 N–H and O–H groups in total. The van der Waals surface area contributed by atoms with Crippen molar-refractivity contribution in [1.82, 2.24) is 4.90 Å². The fraction of sp³-hybridized carbons (Fsp3) is 0.412. The number of aliphatic hydroxyl groups is 1. The van der Waals surface area contributed by atoms with Crippen molar-refractivity contribution < 1.29 is 5.11 Å². The molecule has 0 radical (unpaired) electrons. The van der Waals surface area contributed by atoms with Crippen LogP contribution < -0.4 is 0 Å². The molecule has 0 bridgehead atoms. The topological polar surface area (TPSA) is 23.5 Å². The third-order valence-corrected chi connectivity index (χ3v) is 4.35. The van der Waals surface area contributed by atoms with Crippen molar-refractivity contribution in [3.63, 3.8) is 0 Å². The summed E-state index contributed by atoms with van der Waals surface area (Å²) in [4.78, 5) is 5.03. The first-order chi connectivity index (χ1) is 9.67. The van der Waals surface area contributed by atoms with Crippen LogP contribution >= 0.6 is 11.3 Å². The molecular weight excluding hydrogens is 266 g/mol. The lowest BCUT2D eigenvalue weighted by Crippen LogP contribution is -2.31. The average molecular weight is 289 g/mol. The highest BCUT2D eigenvalue weighted by molar-refractivity contribution is 7.11. The highest BCUT2D eigenvalue weighted by atomic mass is 32.1. The Morgan fingerprint density at radius 2 is 1.85 bits per heavy atom. The van der Waals surface area contributed by atoms with Crippen LogP contribution in [0.4, 0.5) is 0 Å². The zero-order valence-electron chi connectivity index (χ0n) is 12.2. The normalized spacial score (nSPS) is 12.8. The van der Waals surface area contributed by atoms with Crippen LogP contribution in [-0.4, -0.2) is 22.7 Å². The molecule has 0 fully saturated rings. The van der Waals surface area contributed by atoms with Crippen molar-refractivity contribution in [1.29, 1.82) is 0 Å². The van der Waals surface area contributed by atoms with E-state index in [4.69, 9.17) is 0 Å². The molecule has 20 heavy (non-hydrogen) atoms. The van der Waals surface area contributed by atoms with Gasteiger partial charge >= 0.3 is 0 Å². The van der Waals surface area contributed by atoms with Crippen molar-refractivity contribution in [2.75, 3.05) is 6.54 Å². The summed E-state index contributed by atoms with van der Waals surface area (Å²) in [5.74, 6) is 0. The molecule has 2 aromatic rings. The van der Waals surface area contributed by atoms with E-state index in [1.165, 1.54) is 15.3 Å². The zero-order valence-corrected chi connectivity index (χ0v) is 13.1. The maximum Gasteiger partial charge on any atom is 0.0664 e. The molecule has 0 aliphatic heterocycles. The minimum atomic E-state index is -0.250. The van der Waals surface area contributed by atoms with Crippen LogP contribution in [0.3, 0.4) is 0 Å². The summed E-state index contributed by atoms with van der Waals surface area (Å²) in [6, 6.07) is 14.8. The molecule has 2 rings (SSSR count). The van der Waals surface area contributed by atoms with Gasteiger partial charge in [-0.15, -0.1) is 11.3 Å². The predicted molar refractivity (Wildman–Crippen MR) is 85.9 cm³/mol. The van der Waals surface area contributed by atoms with Gasteiger partial charge in [0.25, 0.3) is 0 Å². The quantitative estimate of drug-likeness (QED) is 0.837. The SMILES string of the molecule is CCC(O)CN(Cc1ccccc1)Cc1ccc(C)s1. The molecule has 1 atom stereocenters. The van der Waals surface area contributed by atoms with Gasteiger partial charge in [-0.1, -0.05) is 37.3 Å². The Bertz CT molecular complexity index is 509. The van der Waals surface area contributed by atoms with Crippen LogP contribution in [-0.2, 0) is 13.1 Å². The Kier molecular flexibility index (Phi) is 5.77. The van der Waals surface area contributed by atoms with Gasteiger partial charge in [0.15, 0.2) is 0 Å². The summed E-state index contributed by atoms with van der Waals surface area (Å²) >= 11 is 1.84. The van der Waals surface area contributed by atoms with E-state index in [9.17, 15) is 5.11 Å². The van der Waals surface area contributed by atoms with E-state index in [-0.39, 0.29) is 6.10 Å². The maximum absolute atomic E-state index is 9.95. The van der Waals surface area contributed by atoms with Crippen molar-refractivity contribution >= 4 is 11.3 Å². The summed E-state index contributed by atoms with van der Waals surface area (Å²) < 4.78 is 0.